The van der Waals surface area contributed by atoms with Crippen LogP contribution in [-0.4, -0.2) is 16.5 Å². The number of amidine groups is 1. The third-order valence-electron chi connectivity index (χ3n) is 2.16. The highest BCUT2D eigenvalue weighted by Gasteiger charge is 2.00. The summed E-state index contributed by atoms with van der Waals surface area (Å²) in [7, 11) is 0. The summed E-state index contributed by atoms with van der Waals surface area (Å²) in [6.45, 7) is 7.98. The van der Waals surface area contributed by atoms with Crippen LogP contribution in [0.1, 0.15) is 19.4 Å². The number of hydrogen-bond donors (Lipinski definition) is 1. The molecule has 1 N–H and O–H groups in total. The van der Waals surface area contributed by atoms with E-state index in [0.717, 1.165) is 17.1 Å². The maximum Gasteiger partial charge on any atom is 0.146 e. The lowest BCUT2D eigenvalue weighted by molar-refractivity contribution is 1.03. The summed E-state index contributed by atoms with van der Waals surface area (Å²) in [6.07, 6.45) is 8.78. The van der Waals surface area contributed by atoms with Gasteiger partial charge in [-0.1, -0.05) is 18.7 Å². The molecule has 4 heteroatoms. The van der Waals surface area contributed by atoms with Gasteiger partial charge in [0.1, 0.15) is 5.84 Å². The fourth-order valence-electron chi connectivity index (χ4n) is 1.29. The predicted octanol–water partition coefficient (Wildman–Crippen LogP) is 2.71. The van der Waals surface area contributed by atoms with E-state index in [1.54, 1.807) is 12.4 Å². The van der Waals surface area contributed by atoms with Gasteiger partial charge < -0.3 is 5.32 Å². The average Bonchev–Trinajstić information content (AvgIpc) is 2.40. The lowest BCUT2D eigenvalue weighted by Gasteiger charge is -2.05. The van der Waals surface area contributed by atoms with Gasteiger partial charge >= 0.3 is 0 Å². The number of aromatic nitrogens is 1. The number of allylic oxidation sites excluding steroid dienone is 1. The van der Waals surface area contributed by atoms with Gasteiger partial charge in [-0.2, -0.15) is 0 Å². The number of nitrogens with one attached hydrogen (secondary N) is 1. The van der Waals surface area contributed by atoms with Gasteiger partial charge in [0.2, 0.25) is 0 Å². The first-order valence-corrected chi connectivity index (χ1v) is 5.74. The second-order valence-corrected chi connectivity index (χ2v) is 3.57. The maximum absolute atomic E-state index is 4.49. The standard InChI is InChI=1S/C14H18N4/c1-4-8-17-14(12(3)16-5-2)18-11-13-7-6-9-15-10-13/h4-10H,2,11H2,1,3H3,(H,17,18)/b8-4-,16-12?. The summed E-state index contributed by atoms with van der Waals surface area (Å²) >= 11 is 0. The highest BCUT2D eigenvalue weighted by Crippen LogP contribution is 1.98. The van der Waals surface area contributed by atoms with Crippen molar-refractivity contribution in [2.75, 3.05) is 0 Å². The normalized spacial score (nSPS) is 12.8. The number of pyridine rings is 1. The first kappa shape index (κ1) is 13.8. The summed E-state index contributed by atoms with van der Waals surface area (Å²) in [5.74, 6) is 0.733. The molecule has 0 aliphatic rings. The minimum atomic E-state index is 0.567. The lowest BCUT2D eigenvalue weighted by Crippen LogP contribution is -2.25. The quantitative estimate of drug-likeness (QED) is 0.637. The molecule has 1 heterocycles. The topological polar surface area (TPSA) is 49.6 Å². The minimum absolute atomic E-state index is 0.567. The number of rotatable bonds is 5. The summed E-state index contributed by atoms with van der Waals surface area (Å²) in [6, 6.07) is 3.89. The Hall–Kier alpha value is -2.23. The molecule has 0 fully saturated rings. The summed E-state index contributed by atoms with van der Waals surface area (Å²) in [5, 5.41) is 3.09. The van der Waals surface area contributed by atoms with Crippen molar-refractivity contribution in [2.45, 2.75) is 20.4 Å². The molecular weight excluding hydrogens is 224 g/mol. The van der Waals surface area contributed by atoms with Gasteiger partial charge in [-0.3, -0.25) is 15.0 Å². The molecule has 0 aromatic carbocycles. The Balaban J connectivity index is 2.82. The Morgan fingerprint density at radius 2 is 2.39 bits per heavy atom. The molecule has 0 radical (unpaired) electrons. The molecule has 0 spiro atoms. The van der Waals surface area contributed by atoms with E-state index in [2.05, 4.69) is 26.9 Å². The third-order valence-corrected chi connectivity index (χ3v) is 2.16. The van der Waals surface area contributed by atoms with Crippen molar-refractivity contribution in [1.82, 2.24) is 10.3 Å². The van der Waals surface area contributed by atoms with Crippen molar-refractivity contribution in [1.29, 1.82) is 0 Å². The van der Waals surface area contributed by atoms with Gasteiger partial charge in [0.05, 0.1) is 12.3 Å². The van der Waals surface area contributed by atoms with Crippen LogP contribution in [0.25, 0.3) is 0 Å². The van der Waals surface area contributed by atoms with Gasteiger partial charge in [-0.25, -0.2) is 0 Å². The van der Waals surface area contributed by atoms with Crippen LogP contribution in [0.3, 0.4) is 0 Å². The molecule has 0 saturated carbocycles. The van der Waals surface area contributed by atoms with Crippen molar-refractivity contribution < 1.29 is 0 Å². The van der Waals surface area contributed by atoms with E-state index < -0.39 is 0 Å². The summed E-state index contributed by atoms with van der Waals surface area (Å²) < 4.78 is 0. The van der Waals surface area contributed by atoms with E-state index >= 15 is 0 Å². The van der Waals surface area contributed by atoms with Crippen LogP contribution < -0.4 is 5.32 Å². The highest BCUT2D eigenvalue weighted by atomic mass is 15.0. The monoisotopic (exact) mass is 242 g/mol. The largest absolute Gasteiger partial charge is 0.346 e. The van der Waals surface area contributed by atoms with Crippen LogP contribution in [0.15, 0.2) is 59.6 Å². The zero-order chi connectivity index (χ0) is 13.2. The van der Waals surface area contributed by atoms with E-state index in [0.29, 0.717) is 6.54 Å². The van der Waals surface area contributed by atoms with Crippen LogP contribution in [0.2, 0.25) is 0 Å². The van der Waals surface area contributed by atoms with Crippen molar-refractivity contribution >= 4 is 11.5 Å². The molecule has 0 aliphatic carbocycles. The van der Waals surface area contributed by atoms with Crippen LogP contribution in [0.4, 0.5) is 0 Å². The Morgan fingerprint density at radius 1 is 1.56 bits per heavy atom. The van der Waals surface area contributed by atoms with E-state index in [1.165, 1.54) is 6.20 Å². The average molecular weight is 242 g/mol. The molecule has 0 atom stereocenters. The molecule has 0 bridgehead atoms. The van der Waals surface area contributed by atoms with E-state index in [9.17, 15) is 0 Å². The molecule has 4 nitrogen and oxygen atoms in total. The zero-order valence-electron chi connectivity index (χ0n) is 10.8. The predicted molar refractivity (Wildman–Crippen MR) is 76.6 cm³/mol. The van der Waals surface area contributed by atoms with E-state index in [1.807, 2.05) is 38.3 Å². The molecule has 1 rings (SSSR count). The maximum atomic E-state index is 4.49. The molecule has 0 aliphatic heterocycles. The Morgan fingerprint density at radius 3 is 3.00 bits per heavy atom. The first-order chi connectivity index (χ1) is 8.77. The molecule has 1 aromatic rings. The fraction of sp³-hybridized carbons (Fsp3) is 0.214. The van der Waals surface area contributed by atoms with Crippen LogP contribution in [-0.2, 0) is 6.54 Å². The molecule has 0 unspecified atom stereocenters. The first-order valence-electron chi connectivity index (χ1n) is 5.74. The molecule has 0 saturated heterocycles. The molecular formula is C14H18N4. The second kappa shape index (κ2) is 7.95. The molecule has 0 amide bonds. The Kier molecular flexibility index (Phi) is 6.11. The van der Waals surface area contributed by atoms with Gasteiger partial charge in [-0.15, -0.1) is 0 Å². The van der Waals surface area contributed by atoms with Gasteiger partial charge in [0, 0.05) is 18.6 Å². The van der Waals surface area contributed by atoms with Crippen LogP contribution in [0.5, 0.6) is 0 Å². The van der Waals surface area contributed by atoms with Crippen LogP contribution >= 0.6 is 0 Å². The van der Waals surface area contributed by atoms with Gasteiger partial charge in [-0.05, 0) is 31.7 Å². The van der Waals surface area contributed by atoms with Crippen molar-refractivity contribution in [3.63, 3.8) is 0 Å². The number of hydrogen-bond acceptors (Lipinski definition) is 3. The smallest absolute Gasteiger partial charge is 0.146 e. The van der Waals surface area contributed by atoms with Crippen LogP contribution in [0, 0.1) is 0 Å². The van der Waals surface area contributed by atoms with Gasteiger partial charge in [0.25, 0.3) is 0 Å². The Bertz CT molecular complexity index is 458. The summed E-state index contributed by atoms with van der Waals surface area (Å²) in [4.78, 5) is 12.7. The third kappa shape index (κ3) is 4.74. The van der Waals surface area contributed by atoms with Crippen molar-refractivity contribution in [3.05, 3.63) is 55.1 Å². The minimum Gasteiger partial charge on any atom is -0.346 e. The lowest BCUT2D eigenvalue weighted by atomic mass is 10.3. The second-order valence-electron chi connectivity index (χ2n) is 3.57. The van der Waals surface area contributed by atoms with E-state index in [-0.39, 0.29) is 0 Å². The fourth-order valence-corrected chi connectivity index (χ4v) is 1.29. The van der Waals surface area contributed by atoms with Gasteiger partial charge in [0.15, 0.2) is 0 Å². The summed E-state index contributed by atoms with van der Waals surface area (Å²) in [5.41, 5.74) is 1.86. The molecule has 18 heavy (non-hydrogen) atoms. The highest BCUT2D eigenvalue weighted by molar-refractivity contribution is 6.40. The van der Waals surface area contributed by atoms with Crippen molar-refractivity contribution in [2.24, 2.45) is 9.98 Å². The SMILES string of the molecule is C=CN=C(C)C(=NCc1cccnc1)N/C=C\C. The van der Waals surface area contributed by atoms with E-state index in [4.69, 9.17) is 0 Å². The number of nitrogens with zero attached hydrogens (tertiary/aromatic N) is 3. The number of aliphatic imine (C=N–C) groups is 2. The zero-order valence-corrected chi connectivity index (χ0v) is 10.8. The Labute approximate surface area is 108 Å². The van der Waals surface area contributed by atoms with Crippen molar-refractivity contribution in [3.8, 4) is 0 Å². The molecule has 94 valence electrons. The molecule has 1 aromatic heterocycles.